The van der Waals surface area contributed by atoms with Crippen molar-refractivity contribution in [3.8, 4) is 0 Å². The Labute approximate surface area is 99.5 Å². The zero-order valence-electron chi connectivity index (χ0n) is 10.7. The summed E-state index contributed by atoms with van der Waals surface area (Å²) < 4.78 is 5.64. The Kier molecular flexibility index (Phi) is 4.62. The topological polar surface area (TPSA) is 24.5 Å². The lowest BCUT2D eigenvalue weighted by Gasteiger charge is -2.40. The second-order valence-corrected chi connectivity index (χ2v) is 5.28. The van der Waals surface area contributed by atoms with E-state index in [9.17, 15) is 0 Å². The Bertz CT molecular complexity index is 210. The van der Waals surface area contributed by atoms with Crippen molar-refractivity contribution in [1.29, 1.82) is 0 Å². The van der Waals surface area contributed by atoms with Gasteiger partial charge in [-0.1, -0.05) is 19.3 Å². The molecule has 0 aromatic rings. The van der Waals surface area contributed by atoms with E-state index in [1.807, 2.05) is 0 Å². The lowest BCUT2D eigenvalue weighted by molar-refractivity contribution is -0.0404. The molecule has 0 spiro atoms. The largest absolute Gasteiger partial charge is 0.376 e. The van der Waals surface area contributed by atoms with Crippen LogP contribution in [0.25, 0.3) is 0 Å². The quantitative estimate of drug-likeness (QED) is 0.724. The summed E-state index contributed by atoms with van der Waals surface area (Å²) in [5.41, 5.74) is 0. The Morgan fingerprint density at radius 2 is 2.00 bits per heavy atom. The number of ether oxygens (including phenoxy) is 1. The Morgan fingerprint density at radius 3 is 2.75 bits per heavy atom. The van der Waals surface area contributed by atoms with Gasteiger partial charge >= 0.3 is 0 Å². The molecule has 3 heteroatoms. The van der Waals surface area contributed by atoms with E-state index in [0.29, 0.717) is 12.1 Å². The number of rotatable bonds is 2. The average Bonchev–Trinajstić information content (AvgIpc) is 2.53. The molecule has 1 aliphatic carbocycles. The molecule has 1 heterocycles. The normalized spacial score (nSPS) is 38.2. The summed E-state index contributed by atoms with van der Waals surface area (Å²) in [5, 5.41) is 3.52. The molecular formula is C13H26N2O. The number of likely N-dealkylation sites (N-methyl/N-ethyl adjacent to an activating group) is 1. The first-order valence-corrected chi connectivity index (χ1v) is 6.84. The maximum absolute atomic E-state index is 5.64. The van der Waals surface area contributed by atoms with Crippen molar-refractivity contribution in [2.75, 3.05) is 26.7 Å². The van der Waals surface area contributed by atoms with Crippen LogP contribution in [-0.2, 0) is 4.74 Å². The summed E-state index contributed by atoms with van der Waals surface area (Å²) in [6.07, 6.45) is 7.31. The molecule has 3 nitrogen and oxygen atoms in total. The van der Waals surface area contributed by atoms with E-state index in [0.717, 1.165) is 25.7 Å². The fourth-order valence-corrected chi connectivity index (χ4v) is 3.21. The number of nitrogens with one attached hydrogen (secondary N) is 1. The number of hydrogen-bond donors (Lipinski definition) is 1. The van der Waals surface area contributed by atoms with Crippen molar-refractivity contribution in [2.45, 2.75) is 57.2 Å². The van der Waals surface area contributed by atoms with Crippen molar-refractivity contribution >= 4 is 0 Å². The molecule has 2 rings (SSSR count). The van der Waals surface area contributed by atoms with Gasteiger partial charge in [0.15, 0.2) is 0 Å². The van der Waals surface area contributed by atoms with E-state index in [1.54, 1.807) is 0 Å². The van der Waals surface area contributed by atoms with Crippen molar-refractivity contribution in [3.05, 3.63) is 0 Å². The summed E-state index contributed by atoms with van der Waals surface area (Å²) in [6, 6.07) is 1.42. The van der Waals surface area contributed by atoms with Gasteiger partial charge < -0.3 is 10.1 Å². The lowest BCUT2D eigenvalue weighted by Crippen LogP contribution is -2.54. The van der Waals surface area contributed by atoms with Gasteiger partial charge in [0, 0.05) is 25.2 Å². The van der Waals surface area contributed by atoms with Crippen LogP contribution in [0.1, 0.15) is 39.0 Å². The highest BCUT2D eigenvalue weighted by molar-refractivity contribution is 4.88. The van der Waals surface area contributed by atoms with Crippen molar-refractivity contribution in [2.24, 2.45) is 0 Å². The summed E-state index contributed by atoms with van der Waals surface area (Å²) in [5.74, 6) is 0. The summed E-state index contributed by atoms with van der Waals surface area (Å²) in [4.78, 5) is 2.65. The standard InChI is InChI=1S/C13H26N2O/c1-11-10-15(8-9-16-11)13-7-5-3-4-6-12(13)14-2/h11-14H,3-10H2,1-2H3. The van der Waals surface area contributed by atoms with E-state index in [-0.39, 0.29) is 0 Å². The summed E-state index contributed by atoms with van der Waals surface area (Å²) in [7, 11) is 2.12. The minimum absolute atomic E-state index is 0.412. The first-order chi connectivity index (χ1) is 7.81. The molecule has 94 valence electrons. The molecule has 0 amide bonds. The summed E-state index contributed by atoms with van der Waals surface area (Å²) >= 11 is 0. The molecule has 0 aromatic heterocycles. The number of morpholine rings is 1. The van der Waals surface area contributed by atoms with Gasteiger partial charge in [-0.3, -0.25) is 4.90 Å². The van der Waals surface area contributed by atoms with Crippen LogP contribution in [-0.4, -0.2) is 49.8 Å². The second-order valence-electron chi connectivity index (χ2n) is 5.28. The molecule has 0 bridgehead atoms. The molecule has 1 N–H and O–H groups in total. The van der Waals surface area contributed by atoms with Crippen LogP contribution in [0, 0.1) is 0 Å². The zero-order chi connectivity index (χ0) is 11.4. The first kappa shape index (κ1) is 12.3. The Hall–Kier alpha value is -0.120. The number of nitrogens with zero attached hydrogens (tertiary/aromatic N) is 1. The van der Waals surface area contributed by atoms with Gasteiger partial charge in [-0.15, -0.1) is 0 Å². The SMILES string of the molecule is CNC1CCCCCC1N1CCOC(C)C1. The van der Waals surface area contributed by atoms with Gasteiger partial charge in [0.05, 0.1) is 12.7 Å². The molecule has 3 unspecified atom stereocenters. The highest BCUT2D eigenvalue weighted by Gasteiger charge is 2.30. The first-order valence-electron chi connectivity index (χ1n) is 6.84. The zero-order valence-corrected chi connectivity index (χ0v) is 10.7. The lowest BCUT2D eigenvalue weighted by atomic mass is 10.0. The third-order valence-corrected chi connectivity index (χ3v) is 4.09. The van der Waals surface area contributed by atoms with Crippen LogP contribution in [0.5, 0.6) is 0 Å². The molecular weight excluding hydrogens is 200 g/mol. The second kappa shape index (κ2) is 5.99. The highest BCUT2D eigenvalue weighted by Crippen LogP contribution is 2.23. The van der Waals surface area contributed by atoms with Crippen LogP contribution >= 0.6 is 0 Å². The molecule has 1 aliphatic heterocycles. The average molecular weight is 226 g/mol. The van der Waals surface area contributed by atoms with Crippen molar-refractivity contribution < 1.29 is 4.74 Å². The van der Waals surface area contributed by atoms with E-state index in [2.05, 4.69) is 24.2 Å². The minimum Gasteiger partial charge on any atom is -0.376 e. The smallest absolute Gasteiger partial charge is 0.0674 e. The molecule has 2 aliphatic rings. The van der Waals surface area contributed by atoms with Gasteiger partial charge in [0.2, 0.25) is 0 Å². The van der Waals surface area contributed by atoms with Gasteiger partial charge in [-0.2, -0.15) is 0 Å². The molecule has 3 atom stereocenters. The van der Waals surface area contributed by atoms with E-state index in [4.69, 9.17) is 4.74 Å². The predicted molar refractivity (Wildman–Crippen MR) is 66.7 cm³/mol. The highest BCUT2D eigenvalue weighted by atomic mass is 16.5. The molecule has 1 saturated heterocycles. The molecule has 2 fully saturated rings. The van der Waals surface area contributed by atoms with Crippen molar-refractivity contribution in [3.63, 3.8) is 0 Å². The molecule has 16 heavy (non-hydrogen) atoms. The third-order valence-electron chi connectivity index (χ3n) is 4.09. The molecule has 1 saturated carbocycles. The number of hydrogen-bond acceptors (Lipinski definition) is 3. The fourth-order valence-electron chi connectivity index (χ4n) is 3.21. The van der Waals surface area contributed by atoms with Gasteiger partial charge in [0.25, 0.3) is 0 Å². The van der Waals surface area contributed by atoms with Crippen LogP contribution in [0.4, 0.5) is 0 Å². The van der Waals surface area contributed by atoms with Crippen LogP contribution in [0.15, 0.2) is 0 Å². The third kappa shape index (κ3) is 2.96. The summed E-state index contributed by atoms with van der Waals surface area (Å²) in [6.45, 7) is 5.33. The van der Waals surface area contributed by atoms with E-state index < -0.39 is 0 Å². The van der Waals surface area contributed by atoms with Gasteiger partial charge in [-0.25, -0.2) is 0 Å². The van der Waals surface area contributed by atoms with E-state index in [1.165, 1.54) is 32.1 Å². The maximum Gasteiger partial charge on any atom is 0.0674 e. The molecule has 0 aromatic carbocycles. The van der Waals surface area contributed by atoms with Crippen LogP contribution < -0.4 is 5.32 Å². The van der Waals surface area contributed by atoms with Crippen molar-refractivity contribution in [1.82, 2.24) is 10.2 Å². The minimum atomic E-state index is 0.412. The van der Waals surface area contributed by atoms with Gasteiger partial charge in [-0.05, 0) is 26.8 Å². The van der Waals surface area contributed by atoms with Crippen LogP contribution in [0.2, 0.25) is 0 Å². The van der Waals surface area contributed by atoms with Gasteiger partial charge in [0.1, 0.15) is 0 Å². The van der Waals surface area contributed by atoms with E-state index >= 15 is 0 Å². The Morgan fingerprint density at radius 1 is 1.19 bits per heavy atom. The molecule has 0 radical (unpaired) electrons. The maximum atomic E-state index is 5.64. The van der Waals surface area contributed by atoms with Crippen LogP contribution in [0.3, 0.4) is 0 Å². The fraction of sp³-hybridized carbons (Fsp3) is 1.00. The monoisotopic (exact) mass is 226 g/mol. The predicted octanol–water partition coefficient (Wildman–Crippen LogP) is 1.63. The Balaban J connectivity index is 1.97.